The van der Waals surface area contributed by atoms with Gasteiger partial charge in [-0.1, -0.05) is 48.6 Å². The first-order chi connectivity index (χ1) is 14.9. The van der Waals surface area contributed by atoms with Crippen molar-refractivity contribution in [3.05, 3.63) is 71.3 Å². The Kier molecular flexibility index (Phi) is 7.01. The molecule has 0 radical (unpaired) electrons. The zero-order valence-corrected chi connectivity index (χ0v) is 19.2. The highest BCUT2D eigenvalue weighted by molar-refractivity contribution is 6.12. The molecule has 0 fully saturated rings. The molecule has 3 aromatic carbocycles. The predicted molar refractivity (Wildman–Crippen MR) is 129 cm³/mol. The molecule has 0 unspecified atom stereocenters. The number of carbonyl (C=O) groups excluding carboxylic acids is 1. The van der Waals surface area contributed by atoms with Crippen molar-refractivity contribution in [1.29, 1.82) is 0 Å². The molecule has 0 N–H and O–H groups in total. The molecule has 31 heavy (non-hydrogen) atoms. The second kappa shape index (κ2) is 9.69. The van der Waals surface area contributed by atoms with Gasteiger partial charge in [0.2, 0.25) is 0 Å². The lowest BCUT2D eigenvalue weighted by atomic mass is 9.95. The normalized spacial score (nSPS) is 11.5. The van der Waals surface area contributed by atoms with E-state index in [1.165, 1.54) is 0 Å². The maximum Gasteiger partial charge on any atom is 0.255 e. The van der Waals surface area contributed by atoms with E-state index >= 15 is 0 Å². The van der Waals surface area contributed by atoms with Gasteiger partial charge in [-0.05, 0) is 62.4 Å². The fraction of sp³-hybridized carbons (Fsp3) is 0.296. The molecule has 4 nitrogen and oxygen atoms in total. The summed E-state index contributed by atoms with van der Waals surface area (Å²) >= 11 is 0. The average Bonchev–Trinajstić information content (AvgIpc) is 2.76. The quantitative estimate of drug-likeness (QED) is 0.424. The van der Waals surface area contributed by atoms with Gasteiger partial charge < -0.3 is 14.4 Å². The average molecular weight is 418 g/mol. The van der Waals surface area contributed by atoms with Gasteiger partial charge in [-0.15, -0.1) is 0 Å². The van der Waals surface area contributed by atoms with E-state index in [-0.39, 0.29) is 18.0 Å². The number of fused-ring (bicyclic) bond motifs is 1. The maximum absolute atomic E-state index is 13.8. The Bertz CT molecular complexity index is 1070. The van der Waals surface area contributed by atoms with Crippen LogP contribution in [0.2, 0.25) is 0 Å². The van der Waals surface area contributed by atoms with E-state index in [0.29, 0.717) is 5.56 Å². The molecular weight excluding hydrogens is 386 g/mol. The van der Waals surface area contributed by atoms with Crippen LogP contribution in [0, 0.1) is 0 Å². The largest absolute Gasteiger partial charge is 0.497 e. The topological polar surface area (TPSA) is 38.8 Å². The van der Waals surface area contributed by atoms with Gasteiger partial charge >= 0.3 is 0 Å². The number of ether oxygens (including phenoxy) is 2. The van der Waals surface area contributed by atoms with Crippen LogP contribution >= 0.6 is 0 Å². The summed E-state index contributed by atoms with van der Waals surface area (Å²) in [6.07, 6.45) is 4.00. The summed E-state index contributed by atoms with van der Waals surface area (Å²) in [5.41, 5.74) is 2.56. The number of hydrogen-bond acceptors (Lipinski definition) is 3. The van der Waals surface area contributed by atoms with E-state index < -0.39 is 0 Å². The van der Waals surface area contributed by atoms with Gasteiger partial charge in [-0.25, -0.2) is 0 Å². The predicted octanol–water partition coefficient (Wildman–Crippen LogP) is 6.29. The van der Waals surface area contributed by atoms with Crippen LogP contribution < -0.4 is 9.47 Å². The number of nitrogens with zero attached hydrogens (tertiary/aromatic N) is 1. The van der Waals surface area contributed by atoms with Crippen molar-refractivity contribution in [3.8, 4) is 11.5 Å². The summed E-state index contributed by atoms with van der Waals surface area (Å²) in [5.74, 6) is 1.59. The van der Waals surface area contributed by atoms with Gasteiger partial charge in [0, 0.05) is 17.5 Å². The molecule has 0 atom stereocenters. The summed E-state index contributed by atoms with van der Waals surface area (Å²) in [7, 11) is 3.31. The van der Waals surface area contributed by atoms with E-state index in [1.807, 2.05) is 71.6 Å². The van der Waals surface area contributed by atoms with Crippen LogP contribution in [0.15, 0.2) is 54.6 Å². The minimum absolute atomic E-state index is 0.0261. The monoisotopic (exact) mass is 417 g/mol. The van der Waals surface area contributed by atoms with Crippen molar-refractivity contribution in [1.82, 2.24) is 4.90 Å². The second-order valence-corrected chi connectivity index (χ2v) is 8.10. The molecule has 0 saturated heterocycles. The van der Waals surface area contributed by atoms with E-state index in [9.17, 15) is 4.79 Å². The molecule has 162 valence electrons. The molecule has 0 saturated carbocycles. The summed E-state index contributed by atoms with van der Waals surface area (Å²) in [4.78, 5) is 15.7. The molecule has 0 aliphatic heterocycles. The third-order valence-corrected chi connectivity index (χ3v) is 5.39. The van der Waals surface area contributed by atoms with Crippen molar-refractivity contribution in [2.45, 2.75) is 39.8 Å². The number of benzene rings is 3. The molecule has 0 heterocycles. The summed E-state index contributed by atoms with van der Waals surface area (Å²) in [6.45, 7) is 8.21. The number of amides is 1. The summed E-state index contributed by atoms with van der Waals surface area (Å²) in [5, 5.41) is 1.83. The van der Waals surface area contributed by atoms with Crippen molar-refractivity contribution in [2.75, 3.05) is 14.2 Å². The molecule has 4 heteroatoms. The number of carbonyl (C=O) groups is 1. The SMILES string of the molecule is COc1ccc(/C=C/c2cc(OC)c3ccccc3c2C(=O)N(C(C)C)C(C)C)cc1. The molecule has 0 aromatic heterocycles. The van der Waals surface area contributed by atoms with Crippen LogP contribution in [0.25, 0.3) is 22.9 Å². The summed E-state index contributed by atoms with van der Waals surface area (Å²) in [6, 6.07) is 17.9. The highest BCUT2D eigenvalue weighted by Crippen LogP contribution is 2.34. The van der Waals surface area contributed by atoms with Gasteiger partial charge in [0.25, 0.3) is 5.91 Å². The Hall–Kier alpha value is -3.27. The Morgan fingerprint density at radius 1 is 0.839 bits per heavy atom. The van der Waals surface area contributed by atoms with Gasteiger partial charge in [0.15, 0.2) is 0 Å². The van der Waals surface area contributed by atoms with Crippen molar-refractivity contribution in [2.24, 2.45) is 0 Å². The third-order valence-electron chi connectivity index (χ3n) is 5.39. The Labute approximate surface area is 185 Å². The van der Waals surface area contributed by atoms with Crippen molar-refractivity contribution in [3.63, 3.8) is 0 Å². The van der Waals surface area contributed by atoms with E-state index in [4.69, 9.17) is 9.47 Å². The molecule has 0 aliphatic rings. The van der Waals surface area contributed by atoms with E-state index in [0.717, 1.165) is 33.4 Å². The van der Waals surface area contributed by atoms with Crippen LogP contribution in [0.4, 0.5) is 0 Å². The van der Waals surface area contributed by atoms with Gasteiger partial charge in [-0.3, -0.25) is 4.79 Å². The molecular formula is C27H31NO3. The Balaban J connectivity index is 2.20. The third kappa shape index (κ3) is 4.74. The lowest BCUT2D eigenvalue weighted by molar-refractivity contribution is 0.0645. The lowest BCUT2D eigenvalue weighted by Crippen LogP contribution is -2.42. The summed E-state index contributed by atoms with van der Waals surface area (Å²) < 4.78 is 10.9. The minimum atomic E-state index is 0.0261. The Morgan fingerprint density at radius 2 is 1.45 bits per heavy atom. The standard InChI is InChI=1S/C27H31NO3/c1-18(2)28(19(3)4)27(29)26-21(14-11-20-12-15-22(30-5)16-13-20)17-25(31-6)23-9-7-8-10-24(23)26/h7-19H,1-6H3/b14-11+. The maximum atomic E-state index is 13.8. The molecule has 0 bridgehead atoms. The highest BCUT2D eigenvalue weighted by atomic mass is 16.5. The lowest BCUT2D eigenvalue weighted by Gasteiger charge is -2.32. The van der Waals surface area contributed by atoms with Gasteiger partial charge in [-0.2, -0.15) is 0 Å². The minimum Gasteiger partial charge on any atom is -0.497 e. The van der Waals surface area contributed by atoms with E-state index in [2.05, 4.69) is 27.7 Å². The zero-order chi connectivity index (χ0) is 22.5. The van der Waals surface area contributed by atoms with Gasteiger partial charge in [0.1, 0.15) is 11.5 Å². The first-order valence-electron chi connectivity index (χ1n) is 10.6. The number of hydrogen-bond donors (Lipinski definition) is 0. The van der Waals surface area contributed by atoms with Crippen LogP contribution in [0.3, 0.4) is 0 Å². The highest BCUT2D eigenvalue weighted by Gasteiger charge is 2.26. The van der Waals surface area contributed by atoms with Crippen LogP contribution in [0.1, 0.15) is 49.2 Å². The number of methoxy groups -OCH3 is 2. The molecule has 0 aliphatic carbocycles. The van der Waals surface area contributed by atoms with Crippen LogP contribution in [-0.2, 0) is 0 Å². The first-order valence-corrected chi connectivity index (χ1v) is 10.6. The fourth-order valence-electron chi connectivity index (χ4n) is 4.00. The fourth-order valence-corrected chi connectivity index (χ4v) is 4.00. The number of rotatable bonds is 7. The van der Waals surface area contributed by atoms with Crippen LogP contribution in [0.5, 0.6) is 11.5 Å². The molecule has 0 spiro atoms. The van der Waals surface area contributed by atoms with Crippen molar-refractivity contribution >= 4 is 28.8 Å². The van der Waals surface area contributed by atoms with Crippen LogP contribution in [-0.4, -0.2) is 37.1 Å². The van der Waals surface area contributed by atoms with E-state index in [1.54, 1.807) is 14.2 Å². The van der Waals surface area contributed by atoms with Gasteiger partial charge in [0.05, 0.1) is 19.8 Å². The Morgan fingerprint density at radius 3 is 2.00 bits per heavy atom. The second-order valence-electron chi connectivity index (χ2n) is 8.10. The zero-order valence-electron chi connectivity index (χ0n) is 19.2. The van der Waals surface area contributed by atoms with Crippen molar-refractivity contribution < 1.29 is 14.3 Å². The molecule has 3 rings (SSSR count). The molecule has 1 amide bonds. The first kappa shape index (κ1) is 22.4. The molecule has 3 aromatic rings. The smallest absolute Gasteiger partial charge is 0.255 e.